The molecular weight excluding hydrogens is 322 g/mol. The Morgan fingerprint density at radius 3 is 2.62 bits per heavy atom. The van der Waals surface area contributed by atoms with Crippen molar-refractivity contribution in [3.8, 4) is 11.5 Å². The molecule has 2 aromatic carbocycles. The zero-order valence-electron chi connectivity index (χ0n) is 15.1. The molecule has 134 valence electrons. The smallest absolute Gasteiger partial charge is 0.161 e. The third-order valence-corrected chi connectivity index (χ3v) is 5.90. The van der Waals surface area contributed by atoms with Crippen molar-refractivity contribution in [3.63, 3.8) is 0 Å². The molecule has 0 aromatic heterocycles. The van der Waals surface area contributed by atoms with Crippen molar-refractivity contribution in [1.82, 2.24) is 4.90 Å². The molecule has 2 aromatic rings. The summed E-state index contributed by atoms with van der Waals surface area (Å²) in [6.07, 6.45) is 7.53. The normalized spacial score (nSPS) is 24.8. The molecule has 3 aliphatic heterocycles. The van der Waals surface area contributed by atoms with Crippen LogP contribution in [0, 0.1) is 0 Å². The maximum atomic E-state index is 5.79. The van der Waals surface area contributed by atoms with Gasteiger partial charge >= 0.3 is 0 Å². The highest BCUT2D eigenvalue weighted by Gasteiger charge is 2.34. The van der Waals surface area contributed by atoms with Gasteiger partial charge in [-0.25, -0.2) is 0 Å². The van der Waals surface area contributed by atoms with Gasteiger partial charge in [0.05, 0.1) is 0 Å². The summed E-state index contributed by atoms with van der Waals surface area (Å²) in [5.74, 6) is 1.77. The Hall–Kier alpha value is -2.26. The number of hydrogen-bond acceptors (Lipinski definition) is 3. The van der Waals surface area contributed by atoms with E-state index in [1.165, 1.54) is 36.0 Å². The molecule has 0 amide bonds. The van der Waals surface area contributed by atoms with Crippen LogP contribution in [0.5, 0.6) is 11.5 Å². The minimum absolute atomic E-state index is 0.547. The van der Waals surface area contributed by atoms with Crippen LogP contribution in [0.2, 0.25) is 0 Å². The summed E-state index contributed by atoms with van der Waals surface area (Å²) in [6, 6.07) is 18.5. The van der Waals surface area contributed by atoms with Crippen molar-refractivity contribution in [3.05, 3.63) is 65.7 Å². The zero-order valence-corrected chi connectivity index (χ0v) is 15.1. The number of piperidine rings is 1. The number of hydrogen-bond donors (Lipinski definition) is 0. The van der Waals surface area contributed by atoms with Gasteiger partial charge in [-0.05, 0) is 48.1 Å². The molecule has 1 fully saturated rings. The van der Waals surface area contributed by atoms with Crippen LogP contribution in [-0.4, -0.2) is 30.2 Å². The van der Waals surface area contributed by atoms with Gasteiger partial charge < -0.3 is 9.47 Å². The minimum Gasteiger partial charge on any atom is -0.486 e. The number of fused-ring (bicyclic) bond motifs is 3. The third-order valence-electron chi connectivity index (χ3n) is 5.90. The molecule has 3 heterocycles. The van der Waals surface area contributed by atoms with Gasteiger partial charge in [-0.1, -0.05) is 48.9 Å². The first-order chi connectivity index (χ1) is 12.9. The maximum absolute atomic E-state index is 5.79. The van der Waals surface area contributed by atoms with E-state index in [1.54, 1.807) is 0 Å². The van der Waals surface area contributed by atoms with Crippen LogP contribution in [0.25, 0.3) is 5.57 Å². The van der Waals surface area contributed by atoms with E-state index < -0.39 is 0 Å². The fraction of sp³-hybridized carbons (Fsp3) is 0.391. The first-order valence-corrected chi connectivity index (χ1v) is 9.77. The molecule has 2 unspecified atom stereocenters. The molecule has 3 nitrogen and oxygen atoms in total. The van der Waals surface area contributed by atoms with Gasteiger partial charge in [-0.3, -0.25) is 4.90 Å². The van der Waals surface area contributed by atoms with Gasteiger partial charge in [0.15, 0.2) is 11.5 Å². The molecule has 0 aliphatic carbocycles. The summed E-state index contributed by atoms with van der Waals surface area (Å²) in [4.78, 5) is 2.71. The molecule has 0 spiro atoms. The summed E-state index contributed by atoms with van der Waals surface area (Å²) >= 11 is 0. The summed E-state index contributed by atoms with van der Waals surface area (Å²) < 4.78 is 11.5. The van der Waals surface area contributed by atoms with Crippen molar-refractivity contribution in [2.75, 3.05) is 13.2 Å². The maximum Gasteiger partial charge on any atom is 0.161 e. The Balaban J connectivity index is 1.42. The lowest BCUT2D eigenvalue weighted by Crippen LogP contribution is -2.47. The molecule has 2 bridgehead atoms. The van der Waals surface area contributed by atoms with Crippen LogP contribution < -0.4 is 9.47 Å². The summed E-state index contributed by atoms with van der Waals surface area (Å²) in [5.41, 5.74) is 4.19. The summed E-state index contributed by atoms with van der Waals surface area (Å²) in [7, 11) is 0. The topological polar surface area (TPSA) is 21.7 Å². The molecule has 1 saturated heterocycles. The first-order valence-electron chi connectivity index (χ1n) is 9.77. The molecule has 5 rings (SSSR count). The van der Waals surface area contributed by atoms with Crippen LogP contribution in [0.3, 0.4) is 0 Å². The van der Waals surface area contributed by atoms with Crippen molar-refractivity contribution >= 4 is 5.57 Å². The predicted octanol–water partition coefficient (Wildman–Crippen LogP) is 4.67. The fourth-order valence-corrected chi connectivity index (χ4v) is 4.62. The Labute approximate surface area is 155 Å². The Kier molecular flexibility index (Phi) is 4.18. The zero-order chi connectivity index (χ0) is 17.3. The van der Waals surface area contributed by atoms with Gasteiger partial charge in [0.2, 0.25) is 0 Å². The Bertz CT molecular complexity index is 814. The number of ether oxygens (including phenoxy) is 2. The average molecular weight is 347 g/mol. The van der Waals surface area contributed by atoms with Gasteiger partial charge in [0.25, 0.3) is 0 Å². The molecule has 2 atom stereocenters. The van der Waals surface area contributed by atoms with E-state index >= 15 is 0 Å². The van der Waals surface area contributed by atoms with Gasteiger partial charge in [0.1, 0.15) is 13.2 Å². The highest BCUT2D eigenvalue weighted by Crippen LogP contribution is 2.40. The largest absolute Gasteiger partial charge is 0.486 e. The van der Waals surface area contributed by atoms with E-state index in [9.17, 15) is 0 Å². The lowest BCUT2D eigenvalue weighted by molar-refractivity contribution is 0.0951. The van der Waals surface area contributed by atoms with Crippen LogP contribution >= 0.6 is 0 Å². The highest BCUT2D eigenvalue weighted by atomic mass is 16.6. The van der Waals surface area contributed by atoms with E-state index in [0.29, 0.717) is 25.3 Å². The number of nitrogens with zero attached hydrogens (tertiary/aromatic N) is 1. The fourth-order valence-electron chi connectivity index (χ4n) is 4.62. The van der Waals surface area contributed by atoms with E-state index in [-0.39, 0.29) is 0 Å². The summed E-state index contributed by atoms with van der Waals surface area (Å²) in [5, 5.41) is 0. The minimum atomic E-state index is 0.547. The molecule has 0 saturated carbocycles. The second-order valence-corrected chi connectivity index (χ2v) is 7.56. The van der Waals surface area contributed by atoms with Gasteiger partial charge in [-0.15, -0.1) is 0 Å². The SMILES string of the molecule is C1=C(c2ccc3c(c2)OCCO3)CC2CCCC1N2Cc1ccccc1. The molecular formula is C23H25NO2. The van der Waals surface area contributed by atoms with Crippen molar-refractivity contribution in [2.24, 2.45) is 0 Å². The molecule has 3 heteroatoms. The first kappa shape index (κ1) is 16.0. The predicted molar refractivity (Wildman–Crippen MR) is 103 cm³/mol. The molecule has 0 N–H and O–H groups in total. The second kappa shape index (κ2) is 6.81. The van der Waals surface area contributed by atoms with E-state index in [0.717, 1.165) is 24.5 Å². The lowest BCUT2D eigenvalue weighted by Gasteiger charge is -2.45. The second-order valence-electron chi connectivity index (χ2n) is 7.56. The number of rotatable bonds is 3. The van der Waals surface area contributed by atoms with Gasteiger partial charge in [-0.2, -0.15) is 0 Å². The average Bonchev–Trinajstić information content (AvgIpc) is 2.68. The van der Waals surface area contributed by atoms with Crippen molar-refractivity contribution in [1.29, 1.82) is 0 Å². The third kappa shape index (κ3) is 3.01. The molecule has 26 heavy (non-hydrogen) atoms. The van der Waals surface area contributed by atoms with E-state index in [4.69, 9.17) is 9.47 Å². The van der Waals surface area contributed by atoms with Crippen molar-refractivity contribution in [2.45, 2.75) is 44.3 Å². The quantitative estimate of drug-likeness (QED) is 0.805. The number of benzene rings is 2. The molecule has 0 radical (unpaired) electrons. The van der Waals surface area contributed by atoms with Crippen LogP contribution in [0.1, 0.15) is 36.8 Å². The lowest BCUT2D eigenvalue weighted by atomic mass is 9.82. The van der Waals surface area contributed by atoms with Crippen molar-refractivity contribution < 1.29 is 9.47 Å². The molecule has 3 aliphatic rings. The van der Waals surface area contributed by atoms with E-state index in [1.807, 2.05) is 0 Å². The van der Waals surface area contributed by atoms with E-state index in [2.05, 4.69) is 59.5 Å². The van der Waals surface area contributed by atoms with Crippen LogP contribution in [-0.2, 0) is 6.54 Å². The summed E-state index contributed by atoms with van der Waals surface area (Å²) in [6.45, 7) is 2.35. The monoisotopic (exact) mass is 347 g/mol. The Morgan fingerprint density at radius 1 is 0.923 bits per heavy atom. The highest BCUT2D eigenvalue weighted by molar-refractivity contribution is 5.70. The van der Waals surface area contributed by atoms with Crippen LogP contribution in [0.15, 0.2) is 54.6 Å². The van der Waals surface area contributed by atoms with Gasteiger partial charge in [0, 0.05) is 18.6 Å². The standard InChI is InChI=1S/C23H25NO2/c1-2-5-17(6-3-1)16-24-20-7-4-8-21(24)14-19(13-20)18-9-10-22-23(15-18)26-12-11-25-22/h1-3,5-6,9-10,13,15,20-21H,4,7-8,11-12,14,16H2. The van der Waals surface area contributed by atoms with Crippen LogP contribution in [0.4, 0.5) is 0 Å². The Morgan fingerprint density at radius 2 is 1.77 bits per heavy atom.